The van der Waals surface area contributed by atoms with Gasteiger partial charge < -0.3 is 11.1 Å². The van der Waals surface area contributed by atoms with E-state index in [1.807, 2.05) is 0 Å². The van der Waals surface area contributed by atoms with E-state index >= 15 is 0 Å². The number of nitrogens with zero attached hydrogens (tertiary/aromatic N) is 2. The number of hydrogen-bond donors (Lipinski definition) is 3. The van der Waals surface area contributed by atoms with Gasteiger partial charge in [0.25, 0.3) is 0 Å². The van der Waals surface area contributed by atoms with Crippen molar-refractivity contribution in [3.63, 3.8) is 0 Å². The van der Waals surface area contributed by atoms with E-state index in [1.54, 1.807) is 24.3 Å². The molecule has 1 aliphatic heterocycles. The van der Waals surface area contributed by atoms with Crippen molar-refractivity contribution < 1.29 is 8.42 Å². The number of likely N-dealkylation sites (tertiary alicyclic amines) is 1. The van der Waals surface area contributed by atoms with Crippen LogP contribution in [0.1, 0.15) is 25.3 Å². The summed E-state index contributed by atoms with van der Waals surface area (Å²) in [6.45, 7) is 5.62. The Balaban J connectivity index is 1.86. The van der Waals surface area contributed by atoms with Gasteiger partial charge in [0.2, 0.25) is 10.0 Å². The van der Waals surface area contributed by atoms with Crippen LogP contribution in [0, 0.1) is 0 Å². The van der Waals surface area contributed by atoms with Crippen LogP contribution in [-0.4, -0.2) is 52.0 Å². The number of rotatable bonds is 7. The molecule has 2 rings (SSSR count). The third kappa shape index (κ3) is 4.93. The van der Waals surface area contributed by atoms with E-state index in [0.717, 1.165) is 25.2 Å². The summed E-state index contributed by atoms with van der Waals surface area (Å²) in [6.07, 6.45) is 2.43. The molecular formula is C16H27N5O2S. The molecule has 7 nitrogen and oxygen atoms in total. The topological polar surface area (TPSA) is 99.8 Å². The molecule has 24 heavy (non-hydrogen) atoms. The Bertz CT molecular complexity index is 658. The lowest BCUT2D eigenvalue weighted by atomic mass is 10.2. The smallest absolute Gasteiger partial charge is 0.240 e. The Morgan fingerprint density at radius 2 is 2.08 bits per heavy atom. The van der Waals surface area contributed by atoms with Crippen molar-refractivity contribution in [2.45, 2.75) is 37.2 Å². The van der Waals surface area contributed by atoms with Crippen molar-refractivity contribution in [2.75, 3.05) is 26.7 Å². The molecule has 0 aliphatic carbocycles. The van der Waals surface area contributed by atoms with Crippen LogP contribution in [0.4, 0.5) is 0 Å². The molecule has 1 aromatic rings. The van der Waals surface area contributed by atoms with Crippen molar-refractivity contribution in [3.8, 4) is 0 Å². The SMILES string of the molecule is CCN1CCCC1CNC(N)=NCc1ccc(S(=O)(=O)NC)cc1. The predicted octanol–water partition coefficient (Wildman–Crippen LogP) is 0.483. The minimum atomic E-state index is -3.40. The Morgan fingerprint density at radius 1 is 1.38 bits per heavy atom. The van der Waals surface area contributed by atoms with Gasteiger partial charge in [-0.2, -0.15) is 0 Å². The van der Waals surface area contributed by atoms with Crippen molar-refractivity contribution >= 4 is 16.0 Å². The van der Waals surface area contributed by atoms with E-state index < -0.39 is 10.0 Å². The monoisotopic (exact) mass is 353 g/mol. The van der Waals surface area contributed by atoms with E-state index in [9.17, 15) is 8.42 Å². The van der Waals surface area contributed by atoms with Crippen LogP contribution in [0.3, 0.4) is 0 Å². The standard InChI is InChI=1S/C16H27N5O2S/c1-3-21-10-4-5-14(21)12-20-16(17)19-11-13-6-8-15(9-7-13)24(22,23)18-2/h6-9,14,18H,3-5,10-12H2,1-2H3,(H3,17,19,20). The Labute approximate surface area is 144 Å². The first kappa shape index (κ1) is 18.7. The van der Waals surface area contributed by atoms with Gasteiger partial charge in [0.15, 0.2) is 5.96 Å². The second-order valence-electron chi connectivity index (χ2n) is 5.86. The van der Waals surface area contributed by atoms with Gasteiger partial charge in [0.1, 0.15) is 0 Å². The Kier molecular flexibility index (Phi) is 6.59. The molecule has 0 spiro atoms. The lowest BCUT2D eigenvalue weighted by molar-refractivity contribution is 0.267. The quantitative estimate of drug-likeness (QED) is 0.489. The van der Waals surface area contributed by atoms with Crippen molar-refractivity contribution in [1.82, 2.24) is 14.9 Å². The van der Waals surface area contributed by atoms with Crippen molar-refractivity contribution in [1.29, 1.82) is 0 Å². The van der Waals surface area contributed by atoms with Crippen LogP contribution in [0.15, 0.2) is 34.2 Å². The number of benzene rings is 1. The van der Waals surface area contributed by atoms with E-state index in [1.165, 1.54) is 19.9 Å². The molecule has 1 atom stereocenters. The second kappa shape index (κ2) is 8.46. The fourth-order valence-corrected chi connectivity index (χ4v) is 3.62. The van der Waals surface area contributed by atoms with Crippen molar-refractivity contribution in [3.05, 3.63) is 29.8 Å². The summed E-state index contributed by atoms with van der Waals surface area (Å²) in [6, 6.07) is 7.15. The lowest BCUT2D eigenvalue weighted by Crippen LogP contribution is -2.42. The minimum Gasteiger partial charge on any atom is -0.370 e. The number of aliphatic imine (C=N–C) groups is 1. The highest BCUT2D eigenvalue weighted by Crippen LogP contribution is 2.15. The zero-order chi connectivity index (χ0) is 17.6. The molecule has 1 aliphatic rings. The summed E-state index contributed by atoms with van der Waals surface area (Å²) in [5.41, 5.74) is 6.83. The average molecular weight is 353 g/mol. The maximum Gasteiger partial charge on any atom is 0.240 e. The molecule has 8 heteroatoms. The van der Waals surface area contributed by atoms with Gasteiger partial charge in [-0.25, -0.2) is 18.1 Å². The molecule has 0 amide bonds. The highest BCUT2D eigenvalue weighted by atomic mass is 32.2. The first-order chi connectivity index (χ1) is 11.5. The summed E-state index contributed by atoms with van der Waals surface area (Å²) in [5, 5.41) is 3.18. The lowest BCUT2D eigenvalue weighted by Gasteiger charge is -2.23. The zero-order valence-corrected chi connectivity index (χ0v) is 15.1. The third-order valence-electron chi connectivity index (χ3n) is 4.36. The maximum absolute atomic E-state index is 11.7. The van der Waals surface area contributed by atoms with E-state index in [0.29, 0.717) is 18.5 Å². The minimum absolute atomic E-state index is 0.240. The zero-order valence-electron chi connectivity index (χ0n) is 14.3. The summed E-state index contributed by atoms with van der Waals surface area (Å²) in [7, 11) is -2.01. The fourth-order valence-electron chi connectivity index (χ4n) is 2.89. The molecule has 1 saturated heterocycles. The Morgan fingerprint density at radius 3 is 2.71 bits per heavy atom. The highest BCUT2D eigenvalue weighted by Gasteiger charge is 2.22. The van der Waals surface area contributed by atoms with Crippen molar-refractivity contribution in [2.24, 2.45) is 10.7 Å². The van der Waals surface area contributed by atoms with Crippen LogP contribution in [0.5, 0.6) is 0 Å². The number of likely N-dealkylation sites (N-methyl/N-ethyl adjacent to an activating group) is 1. The maximum atomic E-state index is 11.7. The molecule has 0 bridgehead atoms. The largest absolute Gasteiger partial charge is 0.370 e. The van der Waals surface area contributed by atoms with E-state index in [4.69, 9.17) is 5.73 Å². The summed E-state index contributed by atoms with van der Waals surface area (Å²) in [5.74, 6) is 0.421. The number of sulfonamides is 1. The first-order valence-corrected chi connectivity index (χ1v) is 9.75. The number of nitrogens with one attached hydrogen (secondary N) is 2. The van der Waals surface area contributed by atoms with Gasteiger partial charge in [0.05, 0.1) is 11.4 Å². The molecule has 1 fully saturated rings. The van der Waals surface area contributed by atoms with Gasteiger partial charge in [-0.3, -0.25) is 4.90 Å². The van der Waals surface area contributed by atoms with E-state index in [2.05, 4.69) is 26.9 Å². The molecule has 134 valence electrons. The highest BCUT2D eigenvalue weighted by molar-refractivity contribution is 7.89. The molecule has 0 aromatic heterocycles. The van der Waals surface area contributed by atoms with Crippen LogP contribution in [0.2, 0.25) is 0 Å². The van der Waals surface area contributed by atoms with Gasteiger partial charge in [-0.15, -0.1) is 0 Å². The summed E-state index contributed by atoms with van der Waals surface area (Å²) >= 11 is 0. The summed E-state index contributed by atoms with van der Waals surface area (Å²) < 4.78 is 25.6. The van der Waals surface area contributed by atoms with Gasteiger partial charge in [-0.1, -0.05) is 19.1 Å². The normalized spacial score (nSPS) is 19.6. The van der Waals surface area contributed by atoms with Gasteiger partial charge in [0, 0.05) is 12.6 Å². The second-order valence-corrected chi connectivity index (χ2v) is 7.75. The van der Waals surface area contributed by atoms with Crippen LogP contribution >= 0.6 is 0 Å². The molecule has 1 unspecified atom stereocenters. The predicted molar refractivity (Wildman–Crippen MR) is 96.3 cm³/mol. The Hall–Kier alpha value is -1.64. The summed E-state index contributed by atoms with van der Waals surface area (Å²) in [4.78, 5) is 7.00. The number of nitrogens with two attached hydrogens (primary N) is 1. The van der Waals surface area contributed by atoms with E-state index in [-0.39, 0.29) is 4.90 Å². The molecule has 4 N–H and O–H groups in total. The molecular weight excluding hydrogens is 326 g/mol. The van der Waals surface area contributed by atoms with Crippen LogP contribution < -0.4 is 15.8 Å². The van der Waals surface area contributed by atoms with Gasteiger partial charge in [-0.05, 0) is 50.7 Å². The molecule has 1 aromatic carbocycles. The number of hydrogen-bond acceptors (Lipinski definition) is 4. The van der Waals surface area contributed by atoms with Crippen LogP contribution in [-0.2, 0) is 16.6 Å². The molecule has 0 radical (unpaired) electrons. The molecule has 0 saturated carbocycles. The average Bonchev–Trinajstić information content (AvgIpc) is 3.06. The number of guanidine groups is 1. The fraction of sp³-hybridized carbons (Fsp3) is 0.562. The first-order valence-electron chi connectivity index (χ1n) is 8.26. The molecule has 1 heterocycles. The third-order valence-corrected chi connectivity index (χ3v) is 5.79. The van der Waals surface area contributed by atoms with Crippen LogP contribution in [0.25, 0.3) is 0 Å². The van der Waals surface area contributed by atoms with Gasteiger partial charge >= 0.3 is 0 Å².